The highest BCUT2D eigenvalue weighted by atomic mass is 16.5. The largest absolute Gasteiger partial charge is 0.497 e. The Morgan fingerprint density at radius 1 is 1.07 bits per heavy atom. The summed E-state index contributed by atoms with van der Waals surface area (Å²) in [4.78, 5) is 14.2. The molecule has 0 spiro atoms. The van der Waals surface area contributed by atoms with E-state index in [2.05, 4.69) is 10.1 Å². The third-order valence-corrected chi connectivity index (χ3v) is 4.64. The van der Waals surface area contributed by atoms with Crippen molar-refractivity contribution in [3.63, 3.8) is 0 Å². The molecule has 0 saturated heterocycles. The Balaban J connectivity index is 1.91. The van der Waals surface area contributed by atoms with Crippen molar-refractivity contribution in [1.29, 1.82) is 0 Å². The molecular weight excluding hydrogens is 382 g/mol. The van der Waals surface area contributed by atoms with E-state index in [1.54, 1.807) is 37.4 Å². The summed E-state index contributed by atoms with van der Waals surface area (Å²) in [5.41, 5.74) is 10.4. The number of methoxy groups -OCH3 is 2. The van der Waals surface area contributed by atoms with E-state index in [-0.39, 0.29) is 0 Å². The number of pyridine rings is 1. The first-order valence-electron chi connectivity index (χ1n) is 9.45. The van der Waals surface area contributed by atoms with Crippen LogP contribution in [0.4, 0.5) is 5.69 Å². The van der Waals surface area contributed by atoms with Gasteiger partial charge in [-0.1, -0.05) is 0 Å². The third kappa shape index (κ3) is 3.87. The van der Waals surface area contributed by atoms with Crippen molar-refractivity contribution in [2.75, 3.05) is 20.8 Å². The minimum atomic E-state index is 0.437. The number of nitrogens with two attached hydrogens (primary N) is 1. The van der Waals surface area contributed by atoms with Crippen LogP contribution < -0.4 is 20.7 Å². The molecule has 0 bridgehead atoms. The lowest BCUT2D eigenvalue weighted by molar-refractivity contribution is 0.394. The Bertz CT molecular complexity index is 1240. The number of nitrogens with zero attached hydrogens (tertiary/aromatic N) is 6. The van der Waals surface area contributed by atoms with Gasteiger partial charge >= 0.3 is 0 Å². The van der Waals surface area contributed by atoms with Gasteiger partial charge in [-0.15, -0.1) is 0 Å². The van der Waals surface area contributed by atoms with Gasteiger partial charge in [0.1, 0.15) is 22.5 Å². The summed E-state index contributed by atoms with van der Waals surface area (Å²) in [7, 11) is 5.09. The molecule has 3 aromatic heterocycles. The molecule has 0 aliphatic carbocycles. The molecule has 0 aliphatic heterocycles. The predicted octanol–water partition coefficient (Wildman–Crippen LogP) is 2.04. The summed E-state index contributed by atoms with van der Waals surface area (Å²) in [6, 6.07) is 9.30. The second kappa shape index (κ2) is 8.34. The van der Waals surface area contributed by atoms with Crippen LogP contribution in [-0.4, -0.2) is 45.1 Å². The molecule has 0 saturated carbocycles. The number of aromatic nitrogens is 5. The maximum atomic E-state index is 5.89. The molecule has 9 nitrogen and oxygen atoms in total. The molecule has 0 aliphatic rings. The first-order valence-corrected chi connectivity index (χ1v) is 9.45. The number of hydrogen-bond acceptors (Lipinski definition) is 7. The number of hydrogen-bond donors (Lipinski definition) is 1. The van der Waals surface area contributed by atoms with Crippen LogP contribution in [0.25, 0.3) is 22.4 Å². The molecule has 1 aromatic carbocycles. The molecule has 30 heavy (non-hydrogen) atoms. The fraction of sp³-hybridized carbons (Fsp3) is 0.238. The van der Waals surface area contributed by atoms with E-state index < -0.39 is 0 Å². The van der Waals surface area contributed by atoms with Crippen molar-refractivity contribution in [3.05, 3.63) is 54.4 Å². The van der Waals surface area contributed by atoms with Crippen LogP contribution in [0.3, 0.4) is 0 Å². The molecule has 0 radical (unpaired) electrons. The summed E-state index contributed by atoms with van der Waals surface area (Å²) in [5.74, 6) is 1.33. The molecular formula is C21H23N7O2. The van der Waals surface area contributed by atoms with Crippen LogP contribution in [0.1, 0.15) is 0 Å². The minimum Gasteiger partial charge on any atom is -0.497 e. The quantitative estimate of drug-likeness (QED) is 0.526. The number of aryl methyl sites for hydroxylation is 1. The second-order valence-electron chi connectivity index (χ2n) is 6.68. The molecule has 154 valence electrons. The molecule has 2 N–H and O–H groups in total. The summed E-state index contributed by atoms with van der Waals surface area (Å²) in [6.07, 6.45) is 5.41. The van der Waals surface area contributed by atoms with Gasteiger partial charge in [0.25, 0.3) is 0 Å². The van der Waals surface area contributed by atoms with Crippen LogP contribution >= 0.6 is 0 Å². The molecule has 0 amide bonds. The molecule has 3 heterocycles. The summed E-state index contributed by atoms with van der Waals surface area (Å²) in [6.45, 7) is 0.981. The van der Waals surface area contributed by atoms with Crippen molar-refractivity contribution < 1.29 is 9.47 Å². The molecule has 0 atom stereocenters. The first-order chi connectivity index (χ1) is 14.6. The standard InChI is InChI=1S/C21H23N7O2/c1-27-13-14(11-24-27)19-12-23-18-4-5-20(28(7-6-22)21(18)26-19)25-15-8-16(29-2)10-17(9-15)30-3/h4-5,8-13H,6-7,22H2,1-3H3. The summed E-state index contributed by atoms with van der Waals surface area (Å²) >= 11 is 0. The lowest BCUT2D eigenvalue weighted by atomic mass is 10.2. The van der Waals surface area contributed by atoms with Gasteiger partial charge < -0.3 is 19.8 Å². The average Bonchev–Trinajstić information content (AvgIpc) is 3.21. The molecule has 9 heteroatoms. The fourth-order valence-corrected chi connectivity index (χ4v) is 3.19. The average molecular weight is 405 g/mol. The smallest absolute Gasteiger partial charge is 0.160 e. The highest BCUT2D eigenvalue weighted by Gasteiger charge is 2.09. The Hall–Kier alpha value is -3.72. The highest BCUT2D eigenvalue weighted by molar-refractivity contribution is 5.73. The van der Waals surface area contributed by atoms with Crippen molar-refractivity contribution >= 4 is 16.9 Å². The Labute approximate surface area is 173 Å². The normalized spacial score (nSPS) is 11.8. The van der Waals surface area contributed by atoms with Gasteiger partial charge in [-0.25, -0.2) is 9.98 Å². The van der Waals surface area contributed by atoms with Crippen LogP contribution in [0.15, 0.2) is 53.9 Å². The number of benzene rings is 1. The highest BCUT2D eigenvalue weighted by Crippen LogP contribution is 2.27. The summed E-state index contributed by atoms with van der Waals surface area (Å²) < 4.78 is 14.4. The van der Waals surface area contributed by atoms with E-state index in [1.165, 1.54) is 0 Å². The van der Waals surface area contributed by atoms with Gasteiger partial charge in [-0.05, 0) is 12.1 Å². The van der Waals surface area contributed by atoms with Gasteiger partial charge in [0, 0.05) is 50.1 Å². The van der Waals surface area contributed by atoms with Gasteiger partial charge in [0.2, 0.25) is 0 Å². The van der Waals surface area contributed by atoms with Crippen molar-refractivity contribution in [2.24, 2.45) is 17.8 Å². The second-order valence-corrected chi connectivity index (χ2v) is 6.68. The lowest BCUT2D eigenvalue weighted by Gasteiger charge is -2.11. The van der Waals surface area contributed by atoms with Gasteiger partial charge in [0.05, 0.1) is 38.0 Å². The van der Waals surface area contributed by atoms with Gasteiger partial charge in [0.15, 0.2) is 5.65 Å². The van der Waals surface area contributed by atoms with E-state index in [4.69, 9.17) is 25.2 Å². The minimum absolute atomic E-state index is 0.437. The zero-order valence-corrected chi connectivity index (χ0v) is 17.1. The van der Waals surface area contributed by atoms with Crippen molar-refractivity contribution in [1.82, 2.24) is 24.3 Å². The molecule has 0 unspecified atom stereocenters. The molecule has 4 aromatic rings. The number of rotatable bonds is 6. The first kappa shape index (κ1) is 19.6. The van der Waals surface area contributed by atoms with Gasteiger partial charge in [-0.3, -0.25) is 9.67 Å². The van der Waals surface area contributed by atoms with E-state index in [9.17, 15) is 0 Å². The maximum Gasteiger partial charge on any atom is 0.160 e. The topological polar surface area (TPSA) is 105 Å². The van der Waals surface area contributed by atoms with Crippen LogP contribution in [-0.2, 0) is 13.6 Å². The number of ether oxygens (including phenoxy) is 2. The fourth-order valence-electron chi connectivity index (χ4n) is 3.19. The van der Waals surface area contributed by atoms with Gasteiger partial charge in [-0.2, -0.15) is 5.10 Å². The van der Waals surface area contributed by atoms with Crippen LogP contribution in [0, 0.1) is 0 Å². The van der Waals surface area contributed by atoms with Crippen LogP contribution in [0.2, 0.25) is 0 Å². The monoisotopic (exact) mass is 405 g/mol. The van der Waals surface area contributed by atoms with E-state index in [0.29, 0.717) is 41.4 Å². The number of fused-ring (bicyclic) bond motifs is 1. The molecule has 4 rings (SSSR count). The Morgan fingerprint density at radius 3 is 2.47 bits per heavy atom. The van der Waals surface area contributed by atoms with Crippen LogP contribution in [0.5, 0.6) is 11.5 Å². The SMILES string of the molecule is COc1cc(N=c2ccc3ncc(-c4cnn(C)c4)nc3n2CCN)cc(OC)c1. The zero-order chi connectivity index (χ0) is 21.1. The maximum absolute atomic E-state index is 5.89. The van der Waals surface area contributed by atoms with E-state index >= 15 is 0 Å². The molecule has 0 fully saturated rings. The Morgan fingerprint density at radius 2 is 1.83 bits per heavy atom. The van der Waals surface area contributed by atoms with Crippen molar-refractivity contribution in [2.45, 2.75) is 6.54 Å². The lowest BCUT2D eigenvalue weighted by Crippen LogP contribution is -2.25. The van der Waals surface area contributed by atoms with Crippen molar-refractivity contribution in [3.8, 4) is 22.8 Å². The summed E-state index contributed by atoms with van der Waals surface area (Å²) in [5, 5.41) is 4.22. The third-order valence-electron chi connectivity index (χ3n) is 4.64. The van der Waals surface area contributed by atoms with E-state index in [0.717, 1.165) is 16.8 Å². The van der Waals surface area contributed by atoms with E-state index in [1.807, 2.05) is 42.1 Å². The Kier molecular flexibility index (Phi) is 5.44. The zero-order valence-electron chi connectivity index (χ0n) is 17.1. The predicted molar refractivity (Wildman–Crippen MR) is 114 cm³/mol.